The van der Waals surface area contributed by atoms with Crippen molar-refractivity contribution in [3.05, 3.63) is 35.9 Å². The maximum Gasteiger partial charge on any atom is 0.408 e. The first-order valence-corrected chi connectivity index (χ1v) is 8.68. The highest BCUT2D eigenvalue weighted by Crippen LogP contribution is 2.32. The highest BCUT2D eigenvalue weighted by molar-refractivity contribution is 5.69. The van der Waals surface area contributed by atoms with Crippen LogP contribution in [0.15, 0.2) is 30.3 Å². The van der Waals surface area contributed by atoms with E-state index in [9.17, 15) is 14.4 Å². The Morgan fingerprint density at radius 2 is 1.78 bits per heavy atom. The number of carbonyl (C=O) groups is 3. The molecule has 8 nitrogen and oxygen atoms in total. The van der Waals surface area contributed by atoms with Gasteiger partial charge in [0.05, 0.1) is 11.6 Å². The average Bonchev–Trinajstić information content (AvgIpc) is 2.56. The summed E-state index contributed by atoms with van der Waals surface area (Å²) < 4.78 is 21.4. The predicted octanol–water partition coefficient (Wildman–Crippen LogP) is 2.30. The number of amides is 1. The minimum Gasteiger partial charge on any atom is -0.457 e. The Balaban J connectivity index is 2.09. The van der Waals surface area contributed by atoms with Gasteiger partial charge >= 0.3 is 18.0 Å². The first kappa shape index (κ1) is 20.7. The van der Waals surface area contributed by atoms with E-state index in [0.717, 1.165) is 5.56 Å². The van der Waals surface area contributed by atoms with Crippen LogP contribution in [0.25, 0.3) is 0 Å². The van der Waals surface area contributed by atoms with Gasteiger partial charge < -0.3 is 24.3 Å². The first-order valence-electron chi connectivity index (χ1n) is 8.68. The van der Waals surface area contributed by atoms with Gasteiger partial charge in [-0.15, -0.1) is 0 Å². The van der Waals surface area contributed by atoms with Crippen molar-refractivity contribution in [2.45, 2.75) is 64.8 Å². The molecule has 4 atom stereocenters. The van der Waals surface area contributed by atoms with Gasteiger partial charge in [-0.3, -0.25) is 9.59 Å². The van der Waals surface area contributed by atoms with Crippen LogP contribution in [0.3, 0.4) is 0 Å². The van der Waals surface area contributed by atoms with E-state index in [2.05, 4.69) is 5.32 Å². The van der Waals surface area contributed by atoms with Crippen molar-refractivity contribution in [3.63, 3.8) is 0 Å². The van der Waals surface area contributed by atoms with Gasteiger partial charge in [0, 0.05) is 20.3 Å². The highest BCUT2D eigenvalue weighted by Gasteiger charge is 2.49. The lowest BCUT2D eigenvalue weighted by molar-refractivity contribution is -0.241. The molecule has 0 spiro atoms. The molecule has 1 aliphatic rings. The summed E-state index contributed by atoms with van der Waals surface area (Å²) in [5, 5.41) is 2.74. The number of hydrogen-bond acceptors (Lipinski definition) is 7. The van der Waals surface area contributed by atoms with Crippen LogP contribution in [0, 0.1) is 0 Å². The third-order valence-electron chi connectivity index (χ3n) is 4.20. The van der Waals surface area contributed by atoms with Gasteiger partial charge in [0.15, 0.2) is 6.10 Å². The molecule has 0 saturated carbocycles. The van der Waals surface area contributed by atoms with Gasteiger partial charge in [0.1, 0.15) is 6.61 Å². The summed E-state index contributed by atoms with van der Waals surface area (Å²) in [6.07, 6.45) is -2.81. The number of esters is 2. The summed E-state index contributed by atoms with van der Waals surface area (Å²) in [6, 6.07) is 9.23. The maximum absolute atomic E-state index is 12.3. The zero-order valence-corrected chi connectivity index (χ0v) is 15.9. The van der Waals surface area contributed by atoms with Crippen LogP contribution in [-0.2, 0) is 35.1 Å². The summed E-state index contributed by atoms with van der Waals surface area (Å²) >= 11 is 0. The summed E-state index contributed by atoms with van der Waals surface area (Å²) in [6.45, 7) is 6.02. The molecule has 2 rings (SSSR count). The van der Waals surface area contributed by atoms with Crippen molar-refractivity contribution in [1.29, 1.82) is 0 Å². The predicted molar refractivity (Wildman–Crippen MR) is 94.4 cm³/mol. The van der Waals surface area contributed by atoms with Gasteiger partial charge in [-0.2, -0.15) is 0 Å². The van der Waals surface area contributed by atoms with E-state index in [4.69, 9.17) is 18.9 Å². The van der Waals surface area contributed by atoms with Crippen molar-refractivity contribution < 1.29 is 33.3 Å². The molecule has 1 amide bonds. The largest absolute Gasteiger partial charge is 0.457 e. The molecule has 1 aromatic rings. The molecule has 1 saturated heterocycles. The summed E-state index contributed by atoms with van der Waals surface area (Å²) in [4.78, 5) is 35.1. The molecule has 27 heavy (non-hydrogen) atoms. The van der Waals surface area contributed by atoms with E-state index in [1.54, 1.807) is 13.8 Å². The number of benzene rings is 1. The number of ether oxygens (including phenoxy) is 4. The minimum atomic E-state index is -1.04. The molecule has 0 aliphatic carbocycles. The normalized spacial score (nSPS) is 27.3. The summed E-state index contributed by atoms with van der Waals surface area (Å²) in [7, 11) is 0. The Hall–Kier alpha value is -2.61. The molecule has 1 fully saturated rings. The van der Waals surface area contributed by atoms with Crippen LogP contribution in [0.4, 0.5) is 4.79 Å². The van der Waals surface area contributed by atoms with Crippen molar-refractivity contribution in [2.24, 2.45) is 0 Å². The van der Waals surface area contributed by atoms with Gasteiger partial charge in [-0.25, -0.2) is 4.79 Å². The lowest BCUT2D eigenvalue weighted by Crippen LogP contribution is -2.65. The Bertz CT molecular complexity index is 678. The van der Waals surface area contributed by atoms with Crippen LogP contribution in [0.1, 0.15) is 39.7 Å². The average molecular weight is 379 g/mol. The third-order valence-corrected chi connectivity index (χ3v) is 4.20. The molecular weight excluding hydrogens is 354 g/mol. The van der Waals surface area contributed by atoms with Crippen molar-refractivity contribution in [3.8, 4) is 0 Å². The zero-order chi connectivity index (χ0) is 20.0. The molecule has 0 aromatic heterocycles. The fourth-order valence-electron chi connectivity index (χ4n) is 3.11. The van der Waals surface area contributed by atoms with Crippen LogP contribution in [0.2, 0.25) is 0 Å². The lowest BCUT2D eigenvalue weighted by atomic mass is 9.85. The van der Waals surface area contributed by atoms with E-state index in [-0.39, 0.29) is 13.0 Å². The van der Waals surface area contributed by atoms with E-state index in [1.807, 2.05) is 30.3 Å². The first-order chi connectivity index (χ1) is 12.7. The van der Waals surface area contributed by atoms with Crippen LogP contribution in [0.5, 0.6) is 0 Å². The van der Waals surface area contributed by atoms with Crippen molar-refractivity contribution in [2.75, 3.05) is 0 Å². The standard InChI is InChI=1S/C19H25NO7/c1-12-17(27-14(3)22)19(4,10-16(25-12)26-13(2)21)20-18(23)24-11-15-8-6-5-7-9-15/h5-9,12,16-17H,10-11H2,1-4H3,(H,20,23)/t12-,16-,17+,19-/m0/s1. The van der Waals surface area contributed by atoms with E-state index >= 15 is 0 Å². The molecule has 1 aromatic carbocycles. The Labute approximate surface area is 158 Å². The Kier molecular flexibility index (Phi) is 6.79. The Morgan fingerprint density at radius 1 is 1.15 bits per heavy atom. The molecule has 1 aliphatic heterocycles. The molecular formula is C19H25NO7. The minimum absolute atomic E-state index is 0.0976. The monoisotopic (exact) mass is 379 g/mol. The van der Waals surface area contributed by atoms with E-state index < -0.39 is 42.1 Å². The van der Waals surface area contributed by atoms with E-state index in [0.29, 0.717) is 0 Å². The lowest BCUT2D eigenvalue weighted by Gasteiger charge is -2.46. The summed E-state index contributed by atoms with van der Waals surface area (Å²) in [5.74, 6) is -1.01. The SMILES string of the molecule is CC(=O)O[C@H]1C[C@](C)(NC(=O)OCc2ccccc2)[C@H](OC(C)=O)[C@H](C)O1. The van der Waals surface area contributed by atoms with E-state index in [1.165, 1.54) is 13.8 Å². The quantitative estimate of drug-likeness (QED) is 0.619. The molecule has 8 heteroatoms. The zero-order valence-electron chi connectivity index (χ0n) is 15.9. The molecule has 1 N–H and O–H groups in total. The summed E-state index contributed by atoms with van der Waals surface area (Å²) in [5.41, 5.74) is -0.204. The molecule has 0 radical (unpaired) electrons. The number of rotatable bonds is 5. The second-order valence-electron chi connectivity index (χ2n) is 6.72. The van der Waals surface area contributed by atoms with Crippen LogP contribution < -0.4 is 5.32 Å². The third kappa shape index (κ3) is 5.96. The number of carbonyl (C=O) groups excluding carboxylic acids is 3. The Morgan fingerprint density at radius 3 is 2.37 bits per heavy atom. The molecule has 0 unspecified atom stereocenters. The smallest absolute Gasteiger partial charge is 0.408 e. The topological polar surface area (TPSA) is 100 Å². The van der Waals surface area contributed by atoms with Gasteiger partial charge in [-0.1, -0.05) is 30.3 Å². The van der Waals surface area contributed by atoms with Crippen LogP contribution in [-0.4, -0.2) is 42.1 Å². The number of hydrogen-bond donors (Lipinski definition) is 1. The molecule has 1 heterocycles. The number of alkyl carbamates (subject to hydrolysis) is 1. The number of nitrogens with one attached hydrogen (secondary N) is 1. The maximum atomic E-state index is 12.3. The van der Waals surface area contributed by atoms with Gasteiger partial charge in [0.25, 0.3) is 0 Å². The molecule has 148 valence electrons. The van der Waals surface area contributed by atoms with Gasteiger partial charge in [-0.05, 0) is 19.4 Å². The van der Waals surface area contributed by atoms with Crippen molar-refractivity contribution >= 4 is 18.0 Å². The second kappa shape index (κ2) is 8.85. The van der Waals surface area contributed by atoms with Gasteiger partial charge in [0.2, 0.25) is 6.29 Å². The fraction of sp³-hybridized carbons (Fsp3) is 0.526. The fourth-order valence-corrected chi connectivity index (χ4v) is 3.11. The highest BCUT2D eigenvalue weighted by atomic mass is 16.7. The molecule has 0 bridgehead atoms. The van der Waals surface area contributed by atoms with Crippen LogP contribution >= 0.6 is 0 Å². The van der Waals surface area contributed by atoms with Crippen molar-refractivity contribution in [1.82, 2.24) is 5.32 Å². The second-order valence-corrected chi connectivity index (χ2v) is 6.72.